The predicted molar refractivity (Wildman–Crippen MR) is 117 cm³/mol. The summed E-state index contributed by atoms with van der Waals surface area (Å²) in [6, 6.07) is 5.50. The van der Waals surface area contributed by atoms with Crippen molar-refractivity contribution in [2.45, 2.75) is 69.9 Å². The van der Waals surface area contributed by atoms with Crippen molar-refractivity contribution in [3.8, 4) is 0 Å². The molecule has 1 atom stereocenters. The Morgan fingerprint density at radius 3 is 2.00 bits per heavy atom. The van der Waals surface area contributed by atoms with Crippen LogP contribution in [0.3, 0.4) is 0 Å². The topological polar surface area (TPSA) is 118 Å². The number of amides is 2. The van der Waals surface area contributed by atoms with Gasteiger partial charge in [-0.3, -0.25) is 9.59 Å². The summed E-state index contributed by atoms with van der Waals surface area (Å²) in [7, 11) is -3.74. The molecular formula is C23H33N3O4S. The number of hydrogen-bond acceptors (Lipinski definition) is 4. The summed E-state index contributed by atoms with van der Waals surface area (Å²) in [5.41, 5.74) is 0.474. The molecule has 1 aromatic rings. The lowest BCUT2D eigenvalue weighted by Crippen LogP contribution is -2.58. The van der Waals surface area contributed by atoms with E-state index >= 15 is 0 Å². The second-order valence-electron chi connectivity index (χ2n) is 10.3. The van der Waals surface area contributed by atoms with Gasteiger partial charge in [0.2, 0.25) is 21.8 Å². The van der Waals surface area contributed by atoms with Gasteiger partial charge in [0, 0.05) is 12.0 Å². The zero-order valence-electron chi connectivity index (χ0n) is 18.3. The summed E-state index contributed by atoms with van der Waals surface area (Å²) in [5, 5.41) is 11.1. The lowest BCUT2D eigenvalue weighted by molar-refractivity contribution is -0.149. The molecule has 1 aromatic carbocycles. The third-order valence-electron chi connectivity index (χ3n) is 7.47. The van der Waals surface area contributed by atoms with Crippen LogP contribution in [0, 0.1) is 29.1 Å². The van der Waals surface area contributed by atoms with Crippen molar-refractivity contribution >= 4 is 21.8 Å². The van der Waals surface area contributed by atoms with Gasteiger partial charge in [0.1, 0.15) is 6.04 Å². The maximum Gasteiger partial charge on any atom is 0.243 e. The van der Waals surface area contributed by atoms with Crippen molar-refractivity contribution in [1.29, 1.82) is 0 Å². The van der Waals surface area contributed by atoms with Gasteiger partial charge in [-0.2, -0.15) is 0 Å². The van der Waals surface area contributed by atoms with Crippen LogP contribution in [-0.4, -0.2) is 26.3 Å². The normalized spacial score (nSPS) is 30.3. The fourth-order valence-corrected chi connectivity index (χ4v) is 6.83. The highest BCUT2D eigenvalue weighted by Gasteiger charge is 2.55. The van der Waals surface area contributed by atoms with Crippen molar-refractivity contribution in [3.63, 3.8) is 0 Å². The number of rotatable bonds is 7. The molecule has 0 heterocycles. The maximum absolute atomic E-state index is 13.4. The van der Waals surface area contributed by atoms with Crippen molar-refractivity contribution < 1.29 is 18.0 Å². The van der Waals surface area contributed by atoms with E-state index in [1.165, 1.54) is 31.4 Å². The van der Waals surface area contributed by atoms with Gasteiger partial charge < -0.3 is 10.6 Å². The van der Waals surface area contributed by atoms with E-state index in [0.29, 0.717) is 17.8 Å². The summed E-state index contributed by atoms with van der Waals surface area (Å²) in [6.07, 6.45) is 6.70. The van der Waals surface area contributed by atoms with Gasteiger partial charge >= 0.3 is 0 Å². The first-order chi connectivity index (χ1) is 14.6. The lowest BCUT2D eigenvalue weighted by atomic mass is 9.49. The third kappa shape index (κ3) is 4.65. The van der Waals surface area contributed by atoms with Crippen LogP contribution in [-0.2, 0) is 26.2 Å². The summed E-state index contributed by atoms with van der Waals surface area (Å²) >= 11 is 0. The second-order valence-corrected chi connectivity index (χ2v) is 11.9. The zero-order chi connectivity index (χ0) is 22.4. The van der Waals surface area contributed by atoms with E-state index in [2.05, 4.69) is 10.6 Å². The lowest BCUT2D eigenvalue weighted by Gasteiger charge is -2.55. The standard InChI is InChI=1S/C23H33N3O4S/c1-14(2)20(21(27)25-13-15-3-5-19(6-4-15)31(24,29)30)26-22(28)23-10-16-7-17(11-23)9-18(8-16)12-23/h3-6,14,16-18,20H,7-13H2,1-2H3,(H,25,27)(H,26,28)(H2,24,29,30)/t16?,17?,18?,20-,23?/m0/s1. The second kappa shape index (κ2) is 8.20. The van der Waals surface area contributed by atoms with Crippen LogP contribution in [0.5, 0.6) is 0 Å². The summed E-state index contributed by atoms with van der Waals surface area (Å²) in [5.74, 6) is 1.81. The summed E-state index contributed by atoms with van der Waals surface area (Å²) in [6.45, 7) is 4.12. The molecule has 2 amide bonds. The summed E-state index contributed by atoms with van der Waals surface area (Å²) < 4.78 is 22.7. The number of carbonyl (C=O) groups is 2. The number of benzene rings is 1. The van der Waals surface area contributed by atoms with E-state index in [1.54, 1.807) is 12.1 Å². The Morgan fingerprint density at radius 2 is 1.55 bits per heavy atom. The largest absolute Gasteiger partial charge is 0.350 e. The number of carbonyl (C=O) groups excluding carboxylic acids is 2. The molecule has 0 unspecified atom stereocenters. The molecule has 170 valence electrons. The SMILES string of the molecule is CC(C)[C@H](NC(=O)C12CC3CC(CC(C3)C1)C2)C(=O)NCc1ccc(S(N)(=O)=O)cc1. The number of nitrogens with two attached hydrogens (primary N) is 1. The van der Waals surface area contributed by atoms with Gasteiger partial charge in [0.25, 0.3) is 0 Å². The molecule has 0 saturated heterocycles. The van der Waals surface area contributed by atoms with Crippen molar-refractivity contribution in [1.82, 2.24) is 10.6 Å². The molecule has 8 heteroatoms. The fraction of sp³-hybridized carbons (Fsp3) is 0.652. The molecule has 4 aliphatic rings. The highest BCUT2D eigenvalue weighted by molar-refractivity contribution is 7.89. The highest BCUT2D eigenvalue weighted by Crippen LogP contribution is 2.60. The predicted octanol–water partition coefficient (Wildman–Crippen LogP) is 2.31. The molecule has 31 heavy (non-hydrogen) atoms. The smallest absolute Gasteiger partial charge is 0.243 e. The minimum absolute atomic E-state index is 0.0328. The Kier molecular flexibility index (Phi) is 5.89. The zero-order valence-corrected chi connectivity index (χ0v) is 19.1. The van der Waals surface area contributed by atoms with Gasteiger partial charge in [0.05, 0.1) is 4.90 Å². The minimum atomic E-state index is -3.74. The summed E-state index contributed by atoms with van der Waals surface area (Å²) in [4.78, 5) is 26.3. The van der Waals surface area contributed by atoms with E-state index < -0.39 is 16.1 Å². The third-order valence-corrected chi connectivity index (χ3v) is 8.40. The first-order valence-corrected chi connectivity index (χ1v) is 12.8. The maximum atomic E-state index is 13.4. The van der Waals surface area contributed by atoms with Gasteiger partial charge in [-0.15, -0.1) is 0 Å². The minimum Gasteiger partial charge on any atom is -0.350 e. The molecule has 0 aliphatic heterocycles. The molecule has 5 rings (SSSR count). The molecule has 7 nitrogen and oxygen atoms in total. The Labute approximate surface area is 184 Å². The Balaban J connectivity index is 1.38. The number of primary sulfonamides is 1. The van der Waals surface area contributed by atoms with E-state index in [4.69, 9.17) is 5.14 Å². The number of sulfonamides is 1. The molecule has 4 bridgehead atoms. The molecule has 4 fully saturated rings. The van der Waals surface area contributed by atoms with Crippen LogP contribution in [0.2, 0.25) is 0 Å². The van der Waals surface area contributed by atoms with Crippen LogP contribution in [0.15, 0.2) is 29.2 Å². The van der Waals surface area contributed by atoms with E-state index in [9.17, 15) is 18.0 Å². The molecule has 4 saturated carbocycles. The average Bonchev–Trinajstić information content (AvgIpc) is 2.68. The van der Waals surface area contributed by atoms with Gasteiger partial charge in [0.15, 0.2) is 0 Å². The van der Waals surface area contributed by atoms with Crippen LogP contribution < -0.4 is 15.8 Å². The molecule has 4 N–H and O–H groups in total. The van der Waals surface area contributed by atoms with Crippen LogP contribution in [0.4, 0.5) is 0 Å². The number of nitrogens with one attached hydrogen (secondary N) is 2. The highest BCUT2D eigenvalue weighted by atomic mass is 32.2. The van der Waals surface area contributed by atoms with Gasteiger partial charge in [-0.1, -0.05) is 26.0 Å². The molecule has 0 radical (unpaired) electrons. The number of hydrogen-bond donors (Lipinski definition) is 3. The Hall–Kier alpha value is -1.93. The Bertz CT molecular complexity index is 920. The fourth-order valence-electron chi connectivity index (χ4n) is 6.31. The quantitative estimate of drug-likeness (QED) is 0.594. The molecule has 0 spiro atoms. The van der Waals surface area contributed by atoms with Gasteiger partial charge in [-0.05, 0) is 79.9 Å². The van der Waals surface area contributed by atoms with E-state index in [-0.39, 0.29) is 34.6 Å². The first-order valence-electron chi connectivity index (χ1n) is 11.3. The van der Waals surface area contributed by atoms with Crippen molar-refractivity contribution in [2.24, 2.45) is 34.2 Å². The monoisotopic (exact) mass is 447 g/mol. The molecule has 4 aliphatic carbocycles. The Morgan fingerprint density at radius 1 is 1.03 bits per heavy atom. The van der Waals surface area contributed by atoms with Crippen LogP contribution >= 0.6 is 0 Å². The van der Waals surface area contributed by atoms with Crippen LogP contribution in [0.1, 0.15) is 57.9 Å². The van der Waals surface area contributed by atoms with Crippen LogP contribution in [0.25, 0.3) is 0 Å². The van der Waals surface area contributed by atoms with Gasteiger partial charge in [-0.25, -0.2) is 13.6 Å². The van der Waals surface area contributed by atoms with E-state index in [1.807, 2.05) is 13.8 Å². The molecular weight excluding hydrogens is 414 g/mol. The molecule has 0 aromatic heterocycles. The first kappa shape index (κ1) is 22.3. The van der Waals surface area contributed by atoms with Crippen molar-refractivity contribution in [3.05, 3.63) is 29.8 Å². The van der Waals surface area contributed by atoms with Crippen molar-refractivity contribution in [2.75, 3.05) is 0 Å². The van der Waals surface area contributed by atoms with E-state index in [0.717, 1.165) is 24.8 Å². The average molecular weight is 448 g/mol.